The highest BCUT2D eigenvalue weighted by molar-refractivity contribution is 7.92. The number of carbonyl (C=O) groups excluding carboxylic acids is 1. The third-order valence-electron chi connectivity index (χ3n) is 4.68. The summed E-state index contributed by atoms with van der Waals surface area (Å²) in [5, 5.41) is 13.0. The van der Waals surface area contributed by atoms with Gasteiger partial charge in [0.25, 0.3) is 10.0 Å². The summed E-state index contributed by atoms with van der Waals surface area (Å²) in [5.41, 5.74) is 4.79. The highest BCUT2D eigenvalue weighted by Crippen LogP contribution is 2.39. The summed E-state index contributed by atoms with van der Waals surface area (Å²) in [7, 11) is -4.35. The van der Waals surface area contributed by atoms with Gasteiger partial charge in [0.2, 0.25) is 5.91 Å². The number of benzene rings is 2. The van der Waals surface area contributed by atoms with Crippen LogP contribution in [0.25, 0.3) is 0 Å². The van der Waals surface area contributed by atoms with E-state index in [-0.39, 0.29) is 22.0 Å². The molecule has 2 amide bonds. The second-order valence-corrected chi connectivity index (χ2v) is 8.97. The minimum atomic E-state index is -4.98. The van der Waals surface area contributed by atoms with Crippen LogP contribution in [0.3, 0.4) is 0 Å². The molecule has 0 fully saturated rings. The number of halogens is 4. The molecule has 0 aliphatic carbocycles. The number of rotatable bonds is 6. The van der Waals surface area contributed by atoms with E-state index in [2.05, 4.69) is 5.32 Å². The standard InChI is InChI=1S/C19H18F4N4O6S/c20-10-1-4-13(5-2-10)34(31,32)27-9-12(8-25-17(28)16(24)19(21,22)23)33-15-6-3-11(7-14(15)27)26-18(29)30/h1-7,12,16,26H,8-9,24H2,(H,25,28)(H,29,30). The summed E-state index contributed by atoms with van der Waals surface area (Å²) in [6.45, 7) is -0.989. The van der Waals surface area contributed by atoms with E-state index >= 15 is 0 Å². The van der Waals surface area contributed by atoms with Crippen LogP contribution in [0.15, 0.2) is 47.4 Å². The van der Waals surface area contributed by atoms with E-state index in [4.69, 9.17) is 15.6 Å². The predicted octanol–water partition coefficient (Wildman–Crippen LogP) is 1.88. The minimum Gasteiger partial charge on any atom is -0.484 e. The predicted molar refractivity (Wildman–Crippen MR) is 110 cm³/mol. The molecule has 1 aliphatic rings. The van der Waals surface area contributed by atoms with Crippen molar-refractivity contribution in [1.29, 1.82) is 0 Å². The van der Waals surface area contributed by atoms with Crippen LogP contribution in [0, 0.1) is 5.82 Å². The molecule has 1 heterocycles. The van der Waals surface area contributed by atoms with Crippen LogP contribution in [-0.2, 0) is 14.8 Å². The molecule has 1 aliphatic heterocycles. The molecular weight excluding hydrogens is 488 g/mol. The Hall–Kier alpha value is -3.59. The summed E-state index contributed by atoms with van der Waals surface area (Å²) in [6, 6.07) is 4.79. The van der Waals surface area contributed by atoms with E-state index in [0.717, 1.165) is 28.6 Å². The highest BCUT2D eigenvalue weighted by Gasteiger charge is 2.42. The van der Waals surface area contributed by atoms with Gasteiger partial charge in [-0.2, -0.15) is 13.2 Å². The number of hydrogen-bond donors (Lipinski definition) is 4. The summed E-state index contributed by atoms with van der Waals surface area (Å²) < 4.78 is 84.2. The van der Waals surface area contributed by atoms with Crippen molar-refractivity contribution in [2.75, 3.05) is 22.7 Å². The number of ether oxygens (including phenoxy) is 1. The summed E-state index contributed by atoms with van der Waals surface area (Å²) in [6.07, 6.45) is -7.52. The molecule has 3 rings (SSSR count). The topological polar surface area (TPSA) is 151 Å². The van der Waals surface area contributed by atoms with Crippen LogP contribution in [-0.4, -0.2) is 56.9 Å². The second kappa shape index (κ2) is 9.34. The molecule has 0 saturated heterocycles. The summed E-state index contributed by atoms with van der Waals surface area (Å²) in [5.74, 6) is -2.26. The molecule has 0 saturated carbocycles. The maximum absolute atomic E-state index is 13.3. The molecule has 2 aromatic rings. The van der Waals surface area contributed by atoms with E-state index in [9.17, 15) is 35.6 Å². The van der Waals surface area contributed by atoms with Crippen LogP contribution >= 0.6 is 0 Å². The average molecular weight is 506 g/mol. The van der Waals surface area contributed by atoms with E-state index < -0.39 is 59.3 Å². The van der Waals surface area contributed by atoms with Crippen molar-refractivity contribution in [3.05, 3.63) is 48.3 Å². The van der Waals surface area contributed by atoms with Crippen LogP contribution in [0.5, 0.6) is 5.75 Å². The second-order valence-electron chi connectivity index (χ2n) is 7.11. The normalized spacial score (nSPS) is 16.7. The van der Waals surface area contributed by atoms with Crippen molar-refractivity contribution in [3.8, 4) is 5.75 Å². The molecule has 0 bridgehead atoms. The maximum Gasteiger partial charge on any atom is 0.412 e. The van der Waals surface area contributed by atoms with Crippen LogP contribution < -0.4 is 25.4 Å². The molecule has 0 radical (unpaired) electrons. The fourth-order valence-corrected chi connectivity index (χ4v) is 4.55. The number of nitrogens with two attached hydrogens (primary N) is 1. The smallest absolute Gasteiger partial charge is 0.412 e. The van der Waals surface area contributed by atoms with Crippen molar-refractivity contribution in [2.24, 2.45) is 5.73 Å². The Balaban J connectivity index is 1.93. The van der Waals surface area contributed by atoms with Gasteiger partial charge in [0, 0.05) is 5.69 Å². The zero-order valence-corrected chi connectivity index (χ0v) is 17.9. The Morgan fingerprint density at radius 1 is 1.21 bits per heavy atom. The summed E-state index contributed by atoms with van der Waals surface area (Å²) in [4.78, 5) is 22.4. The van der Waals surface area contributed by atoms with Crippen LogP contribution in [0.4, 0.5) is 33.7 Å². The minimum absolute atomic E-state index is 0.0112. The van der Waals surface area contributed by atoms with Gasteiger partial charge in [-0.15, -0.1) is 0 Å². The molecule has 2 unspecified atom stereocenters. The molecule has 34 heavy (non-hydrogen) atoms. The Bertz CT molecular complexity index is 1190. The van der Waals surface area contributed by atoms with Gasteiger partial charge >= 0.3 is 12.3 Å². The lowest BCUT2D eigenvalue weighted by molar-refractivity contribution is -0.163. The van der Waals surface area contributed by atoms with Crippen molar-refractivity contribution in [1.82, 2.24) is 5.32 Å². The van der Waals surface area contributed by atoms with Gasteiger partial charge in [0.1, 0.15) is 17.7 Å². The van der Waals surface area contributed by atoms with E-state index in [1.807, 2.05) is 5.32 Å². The van der Waals surface area contributed by atoms with Gasteiger partial charge in [-0.25, -0.2) is 17.6 Å². The Morgan fingerprint density at radius 2 is 1.85 bits per heavy atom. The largest absolute Gasteiger partial charge is 0.484 e. The lowest BCUT2D eigenvalue weighted by Gasteiger charge is -2.36. The first-order valence-corrected chi connectivity index (χ1v) is 10.9. The Labute approximate surface area is 190 Å². The van der Waals surface area contributed by atoms with Gasteiger partial charge in [0.05, 0.1) is 23.7 Å². The number of sulfonamides is 1. The monoisotopic (exact) mass is 506 g/mol. The quantitative estimate of drug-likeness (QED) is 0.437. The third kappa shape index (κ3) is 5.48. The van der Waals surface area contributed by atoms with Crippen LogP contribution in [0.1, 0.15) is 0 Å². The van der Waals surface area contributed by atoms with E-state index in [0.29, 0.717) is 0 Å². The zero-order valence-electron chi connectivity index (χ0n) is 17.0. The van der Waals surface area contributed by atoms with Gasteiger partial charge in [-0.3, -0.25) is 14.4 Å². The van der Waals surface area contributed by atoms with Crippen molar-refractivity contribution in [3.63, 3.8) is 0 Å². The average Bonchev–Trinajstić information content (AvgIpc) is 2.75. The van der Waals surface area contributed by atoms with Crippen molar-refractivity contribution < 1.29 is 45.4 Å². The molecule has 184 valence electrons. The molecule has 2 atom stereocenters. The number of fused-ring (bicyclic) bond motifs is 1. The number of amides is 2. The maximum atomic E-state index is 13.3. The van der Waals surface area contributed by atoms with E-state index in [1.54, 1.807) is 0 Å². The van der Waals surface area contributed by atoms with Gasteiger partial charge in [0.15, 0.2) is 6.04 Å². The molecule has 15 heteroatoms. The van der Waals surface area contributed by atoms with Crippen molar-refractivity contribution in [2.45, 2.75) is 23.2 Å². The SMILES string of the molecule is NC(C(=O)NCC1CN(S(=O)(=O)c2ccc(F)cc2)c2cc(NC(=O)O)ccc2O1)C(F)(F)F. The molecule has 0 aromatic heterocycles. The first-order chi connectivity index (χ1) is 15.8. The zero-order chi connectivity index (χ0) is 25.3. The number of anilines is 2. The number of carbonyl (C=O) groups is 2. The van der Waals surface area contributed by atoms with Gasteiger partial charge < -0.3 is 20.9 Å². The summed E-state index contributed by atoms with van der Waals surface area (Å²) >= 11 is 0. The number of nitrogens with one attached hydrogen (secondary N) is 2. The lowest BCUT2D eigenvalue weighted by atomic mass is 10.2. The number of alkyl halides is 3. The fraction of sp³-hybridized carbons (Fsp3) is 0.263. The van der Waals surface area contributed by atoms with Crippen LogP contribution in [0.2, 0.25) is 0 Å². The molecule has 2 aromatic carbocycles. The van der Waals surface area contributed by atoms with Crippen molar-refractivity contribution >= 4 is 33.4 Å². The third-order valence-corrected chi connectivity index (χ3v) is 6.48. The van der Waals surface area contributed by atoms with E-state index in [1.165, 1.54) is 18.2 Å². The fourth-order valence-electron chi connectivity index (χ4n) is 3.05. The molecule has 10 nitrogen and oxygen atoms in total. The molecule has 0 spiro atoms. The van der Waals surface area contributed by atoms with Gasteiger partial charge in [-0.05, 0) is 42.5 Å². The number of hydrogen-bond acceptors (Lipinski definition) is 6. The first-order valence-electron chi connectivity index (χ1n) is 9.48. The number of nitrogens with zero attached hydrogens (tertiary/aromatic N) is 1. The molecular formula is C19H18F4N4O6S. The number of carboxylic acid groups (broad SMARTS) is 1. The Morgan fingerprint density at radius 3 is 2.44 bits per heavy atom. The lowest BCUT2D eigenvalue weighted by Crippen LogP contribution is -2.54. The van der Waals surface area contributed by atoms with Gasteiger partial charge in [-0.1, -0.05) is 0 Å². The first kappa shape index (κ1) is 25.0. The molecule has 5 N–H and O–H groups in total. The highest BCUT2D eigenvalue weighted by atomic mass is 32.2. The Kier molecular flexibility index (Phi) is 6.88.